The van der Waals surface area contributed by atoms with Gasteiger partial charge < -0.3 is 11.1 Å². The summed E-state index contributed by atoms with van der Waals surface area (Å²) in [5.41, 5.74) is 5.42. The topological polar surface area (TPSA) is 55.1 Å². The fourth-order valence-corrected chi connectivity index (χ4v) is 1.40. The van der Waals surface area contributed by atoms with Crippen LogP contribution in [0.25, 0.3) is 0 Å². The third-order valence-corrected chi connectivity index (χ3v) is 2.42. The second-order valence-electron chi connectivity index (χ2n) is 4.68. The summed E-state index contributed by atoms with van der Waals surface area (Å²) in [5.74, 6) is 0.764. The lowest BCUT2D eigenvalue weighted by atomic mass is 10.0. The maximum atomic E-state index is 11.1. The van der Waals surface area contributed by atoms with Crippen molar-refractivity contribution in [2.24, 2.45) is 11.7 Å². The van der Waals surface area contributed by atoms with Crippen LogP contribution < -0.4 is 11.1 Å². The molecule has 1 atom stereocenters. The summed E-state index contributed by atoms with van der Waals surface area (Å²) in [4.78, 5) is 11.1. The van der Waals surface area contributed by atoms with E-state index in [1.807, 2.05) is 0 Å². The summed E-state index contributed by atoms with van der Waals surface area (Å²) in [7, 11) is 0. The van der Waals surface area contributed by atoms with Gasteiger partial charge in [0.15, 0.2) is 0 Å². The highest BCUT2D eigenvalue weighted by molar-refractivity contribution is 5.80. The van der Waals surface area contributed by atoms with E-state index in [2.05, 4.69) is 19.2 Å². The van der Waals surface area contributed by atoms with Gasteiger partial charge in [-0.25, -0.2) is 0 Å². The lowest BCUT2D eigenvalue weighted by Gasteiger charge is -2.07. The number of nitrogens with two attached hydrogens (primary N) is 1. The van der Waals surface area contributed by atoms with Gasteiger partial charge in [0.25, 0.3) is 0 Å². The van der Waals surface area contributed by atoms with Gasteiger partial charge in [0.1, 0.15) is 0 Å². The molecule has 0 rings (SSSR count). The average Bonchev–Trinajstić information content (AvgIpc) is 2.15. The van der Waals surface area contributed by atoms with Crippen molar-refractivity contribution in [2.75, 3.05) is 6.54 Å². The molecule has 90 valence electrons. The van der Waals surface area contributed by atoms with Crippen LogP contribution in [0.2, 0.25) is 0 Å². The molecule has 15 heavy (non-hydrogen) atoms. The molecule has 0 unspecified atom stereocenters. The van der Waals surface area contributed by atoms with Gasteiger partial charge in [0, 0.05) is 6.54 Å². The Labute approximate surface area is 93.8 Å². The summed E-state index contributed by atoms with van der Waals surface area (Å²) >= 11 is 0. The first kappa shape index (κ1) is 14.4. The molecule has 3 heteroatoms. The standard InChI is InChI=1S/C12H26N2O/c1-10(2)8-6-4-5-7-9-14-12(15)11(3)13/h10-11H,4-9,13H2,1-3H3,(H,14,15)/t11-/m1/s1. The predicted octanol–water partition coefficient (Wildman–Crippen LogP) is 2.06. The lowest BCUT2D eigenvalue weighted by molar-refractivity contribution is -0.121. The minimum absolute atomic E-state index is 0.0443. The molecule has 0 radical (unpaired) electrons. The number of hydrogen-bond donors (Lipinski definition) is 2. The molecule has 3 nitrogen and oxygen atoms in total. The van der Waals surface area contributed by atoms with E-state index >= 15 is 0 Å². The van der Waals surface area contributed by atoms with Crippen LogP contribution >= 0.6 is 0 Å². The quantitative estimate of drug-likeness (QED) is 0.608. The van der Waals surface area contributed by atoms with Gasteiger partial charge in [-0.15, -0.1) is 0 Å². The zero-order valence-electron chi connectivity index (χ0n) is 10.4. The van der Waals surface area contributed by atoms with Gasteiger partial charge in [0.05, 0.1) is 6.04 Å². The molecule has 0 saturated heterocycles. The molecule has 0 spiro atoms. The molecule has 0 aromatic rings. The van der Waals surface area contributed by atoms with Crippen LogP contribution in [-0.2, 0) is 4.79 Å². The first-order chi connectivity index (χ1) is 7.04. The summed E-state index contributed by atoms with van der Waals surface area (Å²) in [6.07, 6.45) is 6.15. The van der Waals surface area contributed by atoms with Gasteiger partial charge in [-0.2, -0.15) is 0 Å². The van der Waals surface area contributed by atoms with E-state index in [0.717, 1.165) is 18.9 Å². The molecule has 0 fully saturated rings. The summed E-state index contributed by atoms with van der Waals surface area (Å²) in [5, 5.41) is 2.82. The molecular weight excluding hydrogens is 188 g/mol. The molecule has 0 bridgehead atoms. The Bertz CT molecular complexity index is 167. The summed E-state index contributed by atoms with van der Waals surface area (Å²) in [6.45, 7) is 6.98. The van der Waals surface area contributed by atoms with Gasteiger partial charge >= 0.3 is 0 Å². The Morgan fingerprint density at radius 2 is 1.73 bits per heavy atom. The van der Waals surface area contributed by atoms with E-state index < -0.39 is 0 Å². The first-order valence-electron chi connectivity index (χ1n) is 6.07. The maximum Gasteiger partial charge on any atom is 0.236 e. The number of rotatable bonds is 8. The monoisotopic (exact) mass is 214 g/mol. The fourth-order valence-electron chi connectivity index (χ4n) is 1.40. The van der Waals surface area contributed by atoms with Crippen molar-refractivity contribution in [2.45, 2.75) is 58.9 Å². The lowest BCUT2D eigenvalue weighted by Crippen LogP contribution is -2.38. The molecule has 0 aromatic heterocycles. The van der Waals surface area contributed by atoms with E-state index in [9.17, 15) is 4.79 Å². The molecule has 0 aromatic carbocycles. The molecule has 0 aliphatic rings. The van der Waals surface area contributed by atoms with Gasteiger partial charge in [-0.1, -0.05) is 39.5 Å². The van der Waals surface area contributed by atoms with Crippen LogP contribution in [0, 0.1) is 5.92 Å². The first-order valence-corrected chi connectivity index (χ1v) is 6.07. The number of unbranched alkanes of at least 4 members (excludes halogenated alkanes) is 3. The van der Waals surface area contributed by atoms with Crippen molar-refractivity contribution in [3.63, 3.8) is 0 Å². The Morgan fingerprint density at radius 1 is 1.13 bits per heavy atom. The molecule has 1 amide bonds. The van der Waals surface area contributed by atoms with Crippen molar-refractivity contribution >= 4 is 5.91 Å². The molecule has 3 N–H and O–H groups in total. The average molecular weight is 214 g/mol. The van der Waals surface area contributed by atoms with E-state index in [1.165, 1.54) is 25.7 Å². The normalized spacial score (nSPS) is 12.9. The van der Waals surface area contributed by atoms with Gasteiger partial charge in [-0.05, 0) is 19.3 Å². The minimum Gasteiger partial charge on any atom is -0.355 e. The fraction of sp³-hybridized carbons (Fsp3) is 0.917. The van der Waals surface area contributed by atoms with Crippen molar-refractivity contribution in [3.8, 4) is 0 Å². The Kier molecular flexibility index (Phi) is 8.38. The predicted molar refractivity (Wildman–Crippen MR) is 64.6 cm³/mol. The number of carbonyl (C=O) groups is 1. The molecular formula is C12H26N2O. The highest BCUT2D eigenvalue weighted by atomic mass is 16.2. The van der Waals surface area contributed by atoms with Crippen LogP contribution in [0.5, 0.6) is 0 Å². The third kappa shape index (κ3) is 9.73. The highest BCUT2D eigenvalue weighted by Crippen LogP contribution is 2.08. The van der Waals surface area contributed by atoms with Crippen LogP contribution in [0.4, 0.5) is 0 Å². The number of nitrogens with one attached hydrogen (secondary N) is 1. The van der Waals surface area contributed by atoms with Crippen LogP contribution in [0.15, 0.2) is 0 Å². The SMILES string of the molecule is CC(C)CCCCCCNC(=O)[C@@H](C)N. The smallest absolute Gasteiger partial charge is 0.236 e. The highest BCUT2D eigenvalue weighted by Gasteiger charge is 2.04. The summed E-state index contributed by atoms with van der Waals surface area (Å²) in [6, 6.07) is -0.383. The van der Waals surface area contributed by atoms with Crippen LogP contribution in [0.3, 0.4) is 0 Å². The number of carbonyl (C=O) groups excluding carboxylic acids is 1. The van der Waals surface area contributed by atoms with Crippen molar-refractivity contribution in [3.05, 3.63) is 0 Å². The molecule has 0 heterocycles. The zero-order valence-corrected chi connectivity index (χ0v) is 10.4. The summed E-state index contributed by atoms with van der Waals surface area (Å²) < 4.78 is 0. The van der Waals surface area contributed by atoms with Crippen molar-refractivity contribution in [1.82, 2.24) is 5.32 Å². The second-order valence-corrected chi connectivity index (χ2v) is 4.68. The van der Waals surface area contributed by atoms with Crippen LogP contribution in [-0.4, -0.2) is 18.5 Å². The molecule has 0 saturated carbocycles. The third-order valence-electron chi connectivity index (χ3n) is 2.42. The Balaban J connectivity index is 3.15. The van der Waals surface area contributed by atoms with E-state index in [4.69, 9.17) is 5.73 Å². The van der Waals surface area contributed by atoms with E-state index in [1.54, 1.807) is 6.92 Å². The molecule has 0 aliphatic heterocycles. The second kappa shape index (κ2) is 8.72. The van der Waals surface area contributed by atoms with Gasteiger partial charge in [0.2, 0.25) is 5.91 Å². The van der Waals surface area contributed by atoms with Crippen molar-refractivity contribution < 1.29 is 4.79 Å². The van der Waals surface area contributed by atoms with Crippen molar-refractivity contribution in [1.29, 1.82) is 0 Å². The maximum absolute atomic E-state index is 11.1. The Hall–Kier alpha value is -0.570. The number of hydrogen-bond acceptors (Lipinski definition) is 2. The van der Waals surface area contributed by atoms with E-state index in [0.29, 0.717) is 0 Å². The largest absolute Gasteiger partial charge is 0.355 e. The Morgan fingerprint density at radius 3 is 2.27 bits per heavy atom. The number of amides is 1. The van der Waals surface area contributed by atoms with Crippen LogP contribution in [0.1, 0.15) is 52.9 Å². The minimum atomic E-state index is -0.383. The molecule has 0 aliphatic carbocycles. The van der Waals surface area contributed by atoms with E-state index in [-0.39, 0.29) is 11.9 Å². The van der Waals surface area contributed by atoms with Gasteiger partial charge in [-0.3, -0.25) is 4.79 Å². The zero-order chi connectivity index (χ0) is 11.7.